The Kier molecular flexibility index (Phi) is 39.2. The Morgan fingerprint density at radius 3 is 1.07 bits per heavy atom. The van der Waals surface area contributed by atoms with Crippen molar-refractivity contribution in [2.24, 2.45) is 5.41 Å². The van der Waals surface area contributed by atoms with E-state index in [1.165, 1.54) is 58.4 Å². The highest BCUT2D eigenvalue weighted by Crippen LogP contribution is 2.55. The summed E-state index contributed by atoms with van der Waals surface area (Å²) in [5.41, 5.74) is 11.9. The third kappa shape index (κ3) is 28.3. The van der Waals surface area contributed by atoms with Crippen LogP contribution in [-0.2, 0) is 76.8 Å². The number of anilines is 13. The number of nitrogens with zero attached hydrogens (tertiary/aromatic N) is 7. The van der Waals surface area contributed by atoms with Gasteiger partial charge in [-0.05, 0) is 284 Å². The normalized spacial score (nSPS) is 17.2. The monoisotopic (exact) mass is 2020 g/mol. The molecule has 5 aliphatic rings. The van der Waals surface area contributed by atoms with Crippen LogP contribution in [0.5, 0.6) is 5.75 Å². The number of nitrogens with one attached hydrogen (secondary N) is 6. The van der Waals surface area contributed by atoms with Crippen molar-refractivity contribution in [1.29, 1.82) is 0 Å². The number of likely N-dealkylation sites (N-methyl/N-ethyl adjacent to an activating group) is 1. The Hall–Kier alpha value is -9.54. The number of sulfonamides is 4. The summed E-state index contributed by atoms with van der Waals surface area (Å²) in [6, 6.07) is 32.3. The second-order valence-electron chi connectivity index (χ2n) is 41.7. The molecular weight excluding hydrogens is 1860 g/mol. The van der Waals surface area contributed by atoms with E-state index in [9.17, 15) is 74.7 Å². The van der Waals surface area contributed by atoms with E-state index in [1.807, 2.05) is 105 Å². The molecule has 12 rings (SSSR count). The van der Waals surface area contributed by atoms with Gasteiger partial charge in [0.15, 0.2) is 0 Å². The zero-order valence-corrected chi connectivity index (χ0v) is 92.0. The predicted octanol–water partition coefficient (Wildman–Crippen LogP) is 24.1. The van der Waals surface area contributed by atoms with Crippen LogP contribution in [0.1, 0.15) is 274 Å². The second kappa shape index (κ2) is 45.4. The van der Waals surface area contributed by atoms with Crippen molar-refractivity contribution in [1.82, 2.24) is 0 Å². The van der Waals surface area contributed by atoms with Gasteiger partial charge in [-0.3, -0.25) is 28.5 Å². The summed E-state index contributed by atoms with van der Waals surface area (Å²) in [4.78, 5) is 39.0. The molecule has 0 fully saturated rings. The summed E-state index contributed by atoms with van der Waals surface area (Å²) in [6.45, 7) is 77.3. The lowest BCUT2D eigenvalue weighted by molar-refractivity contribution is -0.123. The summed E-state index contributed by atoms with van der Waals surface area (Å²) in [6.07, 6.45) is 4.66. The molecule has 3 unspecified atom stereocenters. The molecule has 0 radical (unpaired) electrons. The van der Waals surface area contributed by atoms with Crippen LogP contribution in [0.2, 0.25) is 0 Å². The number of rotatable bonds is 21. The summed E-state index contributed by atoms with van der Waals surface area (Å²) in [5, 5.41) is 16.6. The largest absolute Gasteiger partial charge is 0.516 e. The number of benzene rings is 7. The molecule has 7 aromatic rings. The number of hydrogen-bond donors (Lipinski definition) is 7. The first kappa shape index (κ1) is 120. The molecule has 0 saturated carbocycles. The van der Waals surface area contributed by atoms with Crippen LogP contribution in [0, 0.1) is 53.9 Å². The van der Waals surface area contributed by atoms with E-state index in [2.05, 4.69) is 237 Å². The van der Waals surface area contributed by atoms with Crippen LogP contribution < -0.4 is 63.8 Å². The van der Waals surface area contributed by atoms with Gasteiger partial charge in [0.25, 0.3) is 0 Å². The molecule has 5 aliphatic heterocycles. The first-order valence-corrected chi connectivity index (χ1v) is 54.3. The maximum Gasteiger partial charge on any atom is 0.516 e. The van der Waals surface area contributed by atoms with Crippen molar-refractivity contribution in [2.75, 3.05) is 136 Å². The summed E-state index contributed by atoms with van der Waals surface area (Å²) < 4.78 is 174. The Balaban J connectivity index is 0.000000286. The highest BCUT2D eigenvalue weighted by Gasteiger charge is 2.50. The SMILES string of the molecule is C.CC(=O)Nc1cc2c(cc1C)C(C)(C)C(C)N2C(C)C.CCN(CC)c1ccc(C)c(NC(=O)C(C)(C)C)c1.CCN(CC)c1ccc(C)c(NS(=O)(=O)C(F)(F)F)c1.CCN(CC)c1ccc(C)c(NS(C)(=O)=O)c1.Cc1cc2c(cc1NS(=O)(=O)C(F)(F)F)N(C(C)C)C(C)C2(C)C.Cc1cc2c(cc1NS(C)(=O)=O)N(C)C(C)C2(C)C.Cc1cc2c3c(c1O)C(C)(C)CCN3CCC2(C)C. The molecule has 34 heteroatoms. The number of halogens is 6. The summed E-state index contributed by atoms with van der Waals surface area (Å²) in [7, 11) is -15.3. The Labute approximate surface area is 830 Å². The third-order valence-corrected chi connectivity index (χ3v) is 31.3. The zero-order chi connectivity index (χ0) is 106. The molecule has 780 valence electrons. The van der Waals surface area contributed by atoms with Gasteiger partial charge in [0.2, 0.25) is 31.9 Å². The fourth-order valence-electron chi connectivity index (χ4n) is 18.2. The van der Waals surface area contributed by atoms with E-state index in [-0.39, 0.29) is 75.2 Å². The van der Waals surface area contributed by atoms with Crippen LogP contribution in [0.15, 0.2) is 97.1 Å². The highest BCUT2D eigenvalue weighted by molar-refractivity contribution is 7.94. The van der Waals surface area contributed by atoms with Crippen molar-refractivity contribution in [2.45, 2.75) is 324 Å². The predicted molar refractivity (Wildman–Crippen MR) is 572 cm³/mol. The maximum atomic E-state index is 12.7. The topological polar surface area (TPSA) is 286 Å². The van der Waals surface area contributed by atoms with Gasteiger partial charge < -0.3 is 50.0 Å². The third-order valence-electron chi connectivity index (χ3n) is 27.9. The number of phenols is 1. The lowest BCUT2D eigenvalue weighted by atomic mass is 9.69. The van der Waals surface area contributed by atoms with Crippen molar-refractivity contribution >= 4 is 126 Å². The number of hydrogen-bond acceptors (Lipinski definition) is 18. The lowest BCUT2D eigenvalue weighted by Gasteiger charge is -2.48. The number of carbonyl (C=O) groups excluding carboxylic acids is 2. The zero-order valence-electron chi connectivity index (χ0n) is 88.8. The Bertz CT molecular complexity index is 5980. The molecular formula is C105H163F6N13O11S4. The molecule has 0 saturated heterocycles. The number of amides is 2. The molecule has 139 heavy (non-hydrogen) atoms. The van der Waals surface area contributed by atoms with Crippen molar-refractivity contribution < 1.29 is 74.7 Å². The second-order valence-corrected chi connectivity index (χ2v) is 48.5. The van der Waals surface area contributed by atoms with Crippen LogP contribution >= 0.6 is 0 Å². The van der Waals surface area contributed by atoms with Gasteiger partial charge >= 0.3 is 31.1 Å². The minimum atomic E-state index is -5.44. The number of fused-ring (bicyclic) bond motifs is 3. The van der Waals surface area contributed by atoms with E-state index in [0.29, 0.717) is 65.2 Å². The van der Waals surface area contributed by atoms with E-state index < -0.39 is 51.1 Å². The van der Waals surface area contributed by atoms with Crippen LogP contribution in [0.4, 0.5) is 100 Å². The fraction of sp³-hybridized carbons (Fsp3) is 0.581. The number of aromatic hydroxyl groups is 1. The summed E-state index contributed by atoms with van der Waals surface area (Å²) >= 11 is 0. The molecule has 2 amide bonds. The Morgan fingerprint density at radius 2 is 0.727 bits per heavy atom. The first-order chi connectivity index (χ1) is 62.9. The van der Waals surface area contributed by atoms with E-state index >= 15 is 0 Å². The summed E-state index contributed by atoms with van der Waals surface area (Å²) in [5.74, 6) is 0.549. The lowest BCUT2D eigenvalue weighted by Crippen LogP contribution is -2.44. The number of phenolic OH excluding ortho intramolecular Hbond substituents is 1. The minimum Gasteiger partial charge on any atom is -0.507 e. The van der Waals surface area contributed by atoms with Gasteiger partial charge in [-0.2, -0.15) is 43.2 Å². The van der Waals surface area contributed by atoms with E-state index in [1.54, 1.807) is 48.4 Å². The molecule has 0 aromatic heterocycles. The van der Waals surface area contributed by atoms with E-state index in [0.717, 1.165) is 119 Å². The molecule has 0 aliphatic carbocycles. The molecule has 5 heterocycles. The van der Waals surface area contributed by atoms with E-state index in [4.69, 9.17) is 0 Å². The van der Waals surface area contributed by atoms with Crippen LogP contribution in [0.3, 0.4) is 0 Å². The smallest absolute Gasteiger partial charge is 0.507 e. The quantitative estimate of drug-likeness (QED) is 0.0329. The van der Waals surface area contributed by atoms with Gasteiger partial charge in [-0.15, -0.1) is 0 Å². The van der Waals surface area contributed by atoms with Gasteiger partial charge in [0.1, 0.15) is 5.75 Å². The average Bonchev–Trinajstić information content (AvgIpc) is 1.72. The molecule has 0 bridgehead atoms. The molecule has 7 N–H and O–H groups in total. The van der Waals surface area contributed by atoms with Gasteiger partial charge in [-0.1, -0.05) is 134 Å². The minimum absolute atomic E-state index is 0. The average molecular weight is 2030 g/mol. The van der Waals surface area contributed by atoms with Gasteiger partial charge in [-0.25, -0.2) is 16.8 Å². The van der Waals surface area contributed by atoms with Crippen LogP contribution in [-0.4, -0.2) is 164 Å². The maximum absolute atomic E-state index is 12.7. The van der Waals surface area contributed by atoms with Crippen LogP contribution in [0.25, 0.3) is 0 Å². The molecule has 0 spiro atoms. The number of carbonyl (C=O) groups is 2. The number of alkyl halides is 6. The van der Waals surface area contributed by atoms with Crippen molar-refractivity contribution in [3.05, 3.63) is 164 Å². The molecule has 7 aromatic carbocycles. The van der Waals surface area contributed by atoms with Gasteiger partial charge in [0.05, 0.1) is 35.3 Å². The molecule has 3 atom stereocenters. The van der Waals surface area contributed by atoms with Crippen molar-refractivity contribution in [3.8, 4) is 5.75 Å². The van der Waals surface area contributed by atoms with Gasteiger partial charge in [0, 0.05) is 175 Å². The number of aryl methyl sites for hydroxylation is 7. The highest BCUT2D eigenvalue weighted by atomic mass is 32.2. The molecule has 24 nitrogen and oxygen atoms in total. The fourth-order valence-corrected chi connectivity index (χ4v) is 20.7. The van der Waals surface area contributed by atoms with Crippen molar-refractivity contribution in [3.63, 3.8) is 0 Å². The first-order valence-electron chi connectivity index (χ1n) is 47.6. The standard InChI is InChI=1S/C17H26N2O.C17H25NO.C16H23F3N2O2S.C16H26N2O.C14H22N2O2S.C12H17F3N2O2S.C12H20N2O2S.CH4/c1-10(2)19-12(4)17(6,7)14-8-11(3)15(9-16(14)19)18-13(5)20;1-11-10-12-14-13(15(11)19)17(4,5)7-9-18(14)8-6-16(12,2)3;1-9(2)21-11(4)15(5,6)12-7-10(3)13(8-14(12)21)20-24(22,23)16(17,18)19;1-7-18(8-2)13-10-9-12(3)14(11-13)17-15(19)16(4,5)6;1-9-7-11-13(8-12(9)15-19(6,17)18)16(5)10(2)14(11,3)4;1-4-17(5-2)10-7-6-9(3)11(8-10)16-20(18,19)12(13,14)15;1-5-14(6-2)11-8-7-10(3)12(9-11)13-17(4,15)16;/h8-10,12H,1-7H3,(H,18,20);10,19H,6-9H2,1-5H3;7-9,11,20H,1-6H3;9-11H,7-8H2,1-6H3,(H,17,19);7-8,10,15H,1-6H3;6-8,16H,4-5H2,1-3H3;7-9,13H,5-6H2,1-4H3;1H4. The Morgan fingerprint density at radius 1 is 0.432 bits per heavy atom.